The number of carboxylic acid groups (broad SMARTS) is 1. The van der Waals surface area contributed by atoms with Crippen molar-refractivity contribution in [1.82, 2.24) is 9.44 Å². The smallest absolute Gasteiger partial charge is 0.402 e. The van der Waals surface area contributed by atoms with Crippen molar-refractivity contribution in [2.24, 2.45) is 0 Å². The topological polar surface area (TPSA) is 95.5 Å². The second kappa shape index (κ2) is 4.77. The lowest BCUT2D eigenvalue weighted by Crippen LogP contribution is -2.47. The Balaban J connectivity index is 4.27. The van der Waals surface area contributed by atoms with Crippen LogP contribution in [0.4, 0.5) is 13.2 Å². The van der Waals surface area contributed by atoms with Crippen molar-refractivity contribution in [3.8, 4) is 0 Å². The van der Waals surface area contributed by atoms with Crippen LogP contribution in [0, 0.1) is 0 Å². The van der Waals surface area contributed by atoms with Crippen LogP contribution in [0.2, 0.25) is 0 Å². The van der Waals surface area contributed by atoms with Gasteiger partial charge in [-0.2, -0.15) is 31.0 Å². The number of carbonyl (C=O) groups is 1. The molecule has 0 aromatic rings. The zero-order valence-corrected chi connectivity index (χ0v) is 8.32. The summed E-state index contributed by atoms with van der Waals surface area (Å²) in [5.74, 6) is -1.49. The van der Waals surface area contributed by atoms with Crippen molar-refractivity contribution in [3.63, 3.8) is 0 Å². The first-order chi connectivity index (χ1) is 6.53. The van der Waals surface area contributed by atoms with Crippen LogP contribution in [0.5, 0.6) is 0 Å². The zero-order valence-electron chi connectivity index (χ0n) is 7.50. The van der Waals surface area contributed by atoms with E-state index in [1.165, 1.54) is 4.72 Å². The van der Waals surface area contributed by atoms with Gasteiger partial charge in [0, 0.05) is 0 Å². The Labute approximate surface area is 83.6 Å². The molecule has 0 aromatic carbocycles. The highest BCUT2D eigenvalue weighted by Gasteiger charge is 2.30. The molecule has 0 spiro atoms. The van der Waals surface area contributed by atoms with Crippen LogP contribution in [0.15, 0.2) is 0 Å². The quantitative estimate of drug-likeness (QED) is 0.609. The summed E-state index contributed by atoms with van der Waals surface area (Å²) in [6.07, 6.45) is -4.69. The Morgan fingerprint density at radius 1 is 1.47 bits per heavy atom. The average molecular weight is 250 g/mol. The molecule has 0 radical (unpaired) electrons. The van der Waals surface area contributed by atoms with Crippen LogP contribution in [0.25, 0.3) is 0 Å². The van der Waals surface area contributed by atoms with Crippen LogP contribution in [-0.4, -0.2) is 38.3 Å². The average Bonchev–Trinajstić information content (AvgIpc) is 1.99. The van der Waals surface area contributed by atoms with Crippen molar-refractivity contribution in [3.05, 3.63) is 0 Å². The van der Waals surface area contributed by atoms with E-state index in [9.17, 15) is 26.4 Å². The predicted molar refractivity (Wildman–Crippen MR) is 43.2 cm³/mol. The summed E-state index contributed by atoms with van der Waals surface area (Å²) in [4.78, 5) is 10.2. The summed E-state index contributed by atoms with van der Waals surface area (Å²) in [5, 5.41) is 8.30. The van der Waals surface area contributed by atoms with Gasteiger partial charge in [0.2, 0.25) is 0 Å². The fourth-order valence-corrected chi connectivity index (χ4v) is 1.50. The zero-order chi connectivity index (χ0) is 12.3. The van der Waals surface area contributed by atoms with Gasteiger partial charge in [-0.05, 0) is 6.92 Å². The highest BCUT2D eigenvalue weighted by Crippen LogP contribution is 2.12. The van der Waals surface area contributed by atoms with Crippen molar-refractivity contribution in [2.75, 3.05) is 6.54 Å². The van der Waals surface area contributed by atoms with E-state index in [2.05, 4.69) is 0 Å². The lowest BCUT2D eigenvalue weighted by molar-refractivity contribution is -0.138. The second-order valence-electron chi connectivity index (χ2n) is 2.62. The second-order valence-corrected chi connectivity index (χ2v) is 4.15. The summed E-state index contributed by atoms with van der Waals surface area (Å²) < 4.78 is 59.1. The van der Waals surface area contributed by atoms with Crippen LogP contribution >= 0.6 is 0 Å². The first-order valence-electron chi connectivity index (χ1n) is 3.60. The maximum Gasteiger partial charge on any atom is 0.402 e. The molecule has 90 valence electrons. The fourth-order valence-electron chi connectivity index (χ4n) is 0.502. The maximum absolute atomic E-state index is 11.6. The summed E-state index contributed by atoms with van der Waals surface area (Å²) in [6.45, 7) is -0.774. The van der Waals surface area contributed by atoms with Gasteiger partial charge in [0.1, 0.15) is 12.6 Å². The molecule has 0 aliphatic heterocycles. The van der Waals surface area contributed by atoms with Crippen molar-refractivity contribution in [1.29, 1.82) is 0 Å². The minimum absolute atomic E-state index is 0.981. The number of nitrogens with one attached hydrogen (secondary N) is 2. The molecule has 0 fully saturated rings. The van der Waals surface area contributed by atoms with E-state index in [1.54, 1.807) is 0 Å². The van der Waals surface area contributed by atoms with E-state index in [0.717, 1.165) is 11.6 Å². The van der Waals surface area contributed by atoms with Crippen molar-refractivity contribution < 1.29 is 31.5 Å². The molecule has 6 nitrogen and oxygen atoms in total. The molecule has 1 atom stereocenters. The first kappa shape index (κ1) is 14.1. The van der Waals surface area contributed by atoms with Gasteiger partial charge in [-0.15, -0.1) is 0 Å². The first-order valence-corrected chi connectivity index (χ1v) is 5.08. The molecule has 0 bridgehead atoms. The Morgan fingerprint density at radius 2 is 1.93 bits per heavy atom. The molecule has 3 N–H and O–H groups in total. The van der Waals surface area contributed by atoms with Gasteiger partial charge in [-0.25, -0.2) is 0 Å². The molecule has 0 unspecified atom stereocenters. The summed E-state index contributed by atoms with van der Waals surface area (Å²) in [7, 11) is -4.46. The Hall–Kier alpha value is -0.870. The number of aliphatic carboxylic acids is 1. The summed E-state index contributed by atoms with van der Waals surface area (Å²) >= 11 is 0. The molecule has 15 heavy (non-hydrogen) atoms. The third kappa shape index (κ3) is 7.11. The van der Waals surface area contributed by atoms with E-state index in [0.29, 0.717) is 0 Å². The van der Waals surface area contributed by atoms with Gasteiger partial charge in [-0.1, -0.05) is 0 Å². The number of carboxylic acids is 1. The molecule has 0 heterocycles. The monoisotopic (exact) mass is 250 g/mol. The van der Waals surface area contributed by atoms with Crippen LogP contribution in [0.1, 0.15) is 6.92 Å². The van der Waals surface area contributed by atoms with Crippen LogP contribution in [0.3, 0.4) is 0 Å². The standard InChI is InChI=1S/C5H9F3N2O4S/c1-3(4(11)12)10-15(13,14)9-2-5(6,7)8/h3,9-10H,2H2,1H3,(H,11,12)/t3-/m0/s1. The van der Waals surface area contributed by atoms with Gasteiger partial charge in [-0.3, -0.25) is 4.79 Å². The lowest BCUT2D eigenvalue weighted by atomic mass is 10.4. The highest BCUT2D eigenvalue weighted by molar-refractivity contribution is 7.87. The van der Waals surface area contributed by atoms with Gasteiger partial charge in [0.05, 0.1) is 0 Å². The highest BCUT2D eigenvalue weighted by atomic mass is 32.2. The Morgan fingerprint density at radius 3 is 2.27 bits per heavy atom. The molecule has 0 aliphatic rings. The molecule has 10 heteroatoms. The van der Waals surface area contributed by atoms with E-state index >= 15 is 0 Å². The molecule has 0 saturated carbocycles. The lowest BCUT2D eigenvalue weighted by Gasteiger charge is -2.12. The van der Waals surface area contributed by atoms with Gasteiger partial charge < -0.3 is 5.11 Å². The molecule has 0 amide bonds. The maximum atomic E-state index is 11.6. The van der Waals surface area contributed by atoms with Gasteiger partial charge >= 0.3 is 12.1 Å². The SMILES string of the molecule is C[C@H](NS(=O)(=O)NCC(F)(F)F)C(=O)O. The minimum Gasteiger partial charge on any atom is -0.480 e. The molecule has 0 rings (SSSR count). The van der Waals surface area contributed by atoms with E-state index < -0.39 is 34.9 Å². The number of halogens is 3. The number of alkyl halides is 3. The van der Waals surface area contributed by atoms with Crippen molar-refractivity contribution >= 4 is 16.2 Å². The normalized spacial score (nSPS) is 14.9. The number of rotatable bonds is 5. The van der Waals surface area contributed by atoms with Gasteiger partial charge in [0.25, 0.3) is 10.2 Å². The molecular weight excluding hydrogens is 241 g/mol. The van der Waals surface area contributed by atoms with Crippen LogP contribution in [-0.2, 0) is 15.0 Å². The van der Waals surface area contributed by atoms with E-state index in [4.69, 9.17) is 5.11 Å². The van der Waals surface area contributed by atoms with Crippen LogP contribution < -0.4 is 9.44 Å². The molecule has 0 aliphatic carbocycles. The number of hydrogen-bond donors (Lipinski definition) is 3. The van der Waals surface area contributed by atoms with Gasteiger partial charge in [0.15, 0.2) is 0 Å². The van der Waals surface area contributed by atoms with E-state index in [1.807, 2.05) is 0 Å². The Kier molecular flexibility index (Phi) is 4.49. The third-order valence-corrected chi connectivity index (χ3v) is 2.35. The molecular formula is C5H9F3N2O4S. The molecule has 0 aromatic heterocycles. The minimum atomic E-state index is -4.69. The van der Waals surface area contributed by atoms with E-state index in [-0.39, 0.29) is 0 Å². The number of hydrogen-bond acceptors (Lipinski definition) is 3. The predicted octanol–water partition coefficient (Wildman–Crippen LogP) is -0.554. The molecule has 0 saturated heterocycles. The largest absolute Gasteiger partial charge is 0.480 e. The third-order valence-electron chi connectivity index (χ3n) is 1.16. The summed E-state index contributed by atoms with van der Waals surface area (Å²) in [6, 6.07) is -1.50. The Bertz CT molecular complexity index is 326. The fraction of sp³-hybridized carbons (Fsp3) is 0.800. The summed E-state index contributed by atoms with van der Waals surface area (Å²) in [5.41, 5.74) is 0. The van der Waals surface area contributed by atoms with Crippen molar-refractivity contribution in [2.45, 2.75) is 19.1 Å².